The van der Waals surface area contributed by atoms with Crippen molar-refractivity contribution in [3.05, 3.63) is 0 Å². The van der Waals surface area contributed by atoms with E-state index >= 15 is 0 Å². The van der Waals surface area contributed by atoms with Crippen LogP contribution in [0.5, 0.6) is 0 Å². The number of aliphatic carboxylic acids is 3. The third-order valence-electron chi connectivity index (χ3n) is 4.27. The summed E-state index contributed by atoms with van der Waals surface area (Å²) < 4.78 is 0. The number of hydrogen-bond donors (Lipinski definition) is 3. The number of rotatable bonds is 15. The predicted octanol–water partition coefficient (Wildman–Crippen LogP) is 6.86. The maximum Gasteiger partial charge on any atom is 0.303 e. The zero-order valence-corrected chi connectivity index (χ0v) is 23.1. The van der Waals surface area contributed by atoms with E-state index in [1.54, 1.807) is 0 Å². The van der Waals surface area contributed by atoms with Crippen LogP contribution in [0.1, 0.15) is 119 Å². The Morgan fingerprint density at radius 3 is 0.806 bits per heavy atom. The van der Waals surface area contributed by atoms with Gasteiger partial charge >= 0.3 is 17.9 Å². The molecular formula is C24H48EuO6. The third-order valence-corrected chi connectivity index (χ3v) is 4.27. The summed E-state index contributed by atoms with van der Waals surface area (Å²) in [4.78, 5) is 30.1. The van der Waals surface area contributed by atoms with Gasteiger partial charge in [-0.15, -0.1) is 0 Å². The second-order valence-corrected chi connectivity index (χ2v) is 9.10. The van der Waals surface area contributed by atoms with Crippen molar-refractivity contribution >= 4 is 17.9 Å². The van der Waals surface area contributed by atoms with E-state index in [9.17, 15) is 14.4 Å². The largest absolute Gasteiger partial charge is 0.481 e. The Labute approximate surface area is 231 Å². The van der Waals surface area contributed by atoms with Gasteiger partial charge in [-0.2, -0.15) is 0 Å². The van der Waals surface area contributed by atoms with Gasteiger partial charge in [-0.05, 0) is 37.0 Å². The number of carbonyl (C=O) groups is 3. The quantitative estimate of drug-likeness (QED) is 0.181. The van der Waals surface area contributed by atoms with Crippen LogP contribution in [-0.4, -0.2) is 33.2 Å². The Morgan fingerprint density at radius 1 is 0.484 bits per heavy atom. The fourth-order valence-corrected chi connectivity index (χ4v) is 2.49. The topological polar surface area (TPSA) is 112 Å². The predicted molar refractivity (Wildman–Crippen MR) is 123 cm³/mol. The van der Waals surface area contributed by atoms with E-state index in [0.717, 1.165) is 57.8 Å². The van der Waals surface area contributed by atoms with Crippen LogP contribution in [0.25, 0.3) is 0 Å². The molecule has 1 radical (unpaired) electrons. The zero-order chi connectivity index (χ0) is 23.9. The Hall–Kier alpha value is -0.00558. The van der Waals surface area contributed by atoms with Crippen LogP contribution in [-0.2, 0) is 14.4 Å². The summed E-state index contributed by atoms with van der Waals surface area (Å²) in [6, 6.07) is 0. The first-order valence-corrected chi connectivity index (χ1v) is 11.5. The van der Waals surface area contributed by atoms with Gasteiger partial charge < -0.3 is 15.3 Å². The fraction of sp³-hybridized carbons (Fsp3) is 0.875. The van der Waals surface area contributed by atoms with Gasteiger partial charge in [0.25, 0.3) is 0 Å². The molecule has 0 bridgehead atoms. The molecule has 6 nitrogen and oxygen atoms in total. The summed E-state index contributed by atoms with van der Waals surface area (Å²) in [6.45, 7) is 12.9. The Balaban J connectivity index is -0.000000174. The van der Waals surface area contributed by atoms with E-state index in [0.29, 0.717) is 37.0 Å². The molecule has 0 saturated heterocycles. The summed E-state index contributed by atoms with van der Waals surface area (Å²) in [5.41, 5.74) is 0. The first-order valence-electron chi connectivity index (χ1n) is 11.5. The molecule has 31 heavy (non-hydrogen) atoms. The molecule has 0 saturated carbocycles. The van der Waals surface area contributed by atoms with Gasteiger partial charge in [-0.25, -0.2) is 0 Å². The van der Waals surface area contributed by atoms with E-state index in [-0.39, 0.29) is 49.4 Å². The van der Waals surface area contributed by atoms with Gasteiger partial charge in [-0.3, -0.25) is 14.4 Å². The molecule has 0 aromatic heterocycles. The third kappa shape index (κ3) is 53.3. The second kappa shape index (κ2) is 28.0. The number of unbranched alkanes of at least 4 members (excludes halogenated alkanes) is 3. The molecule has 0 spiro atoms. The maximum absolute atomic E-state index is 10.0. The minimum absolute atomic E-state index is 0. The minimum Gasteiger partial charge on any atom is -0.481 e. The molecule has 0 amide bonds. The normalized spacial score (nSPS) is 9.97. The average Bonchev–Trinajstić information content (AvgIpc) is 2.60. The van der Waals surface area contributed by atoms with Crippen LogP contribution in [0.4, 0.5) is 0 Å². The second-order valence-electron chi connectivity index (χ2n) is 9.10. The SMILES string of the molecule is CC(C)CCCCC(=O)O.CC(C)CCCCC(=O)O.CC(C)CCCCC(=O)O.[Eu]. The van der Waals surface area contributed by atoms with Crippen LogP contribution in [0.3, 0.4) is 0 Å². The Morgan fingerprint density at radius 2 is 0.677 bits per heavy atom. The molecule has 0 unspecified atom stereocenters. The molecule has 0 aromatic rings. The summed E-state index contributed by atoms with van der Waals surface area (Å²) in [6.07, 6.45) is 10.0. The number of carboxylic acids is 3. The van der Waals surface area contributed by atoms with Gasteiger partial charge in [0.1, 0.15) is 0 Å². The molecule has 187 valence electrons. The van der Waals surface area contributed by atoms with Crippen LogP contribution < -0.4 is 0 Å². The molecule has 0 aromatic carbocycles. The summed E-state index contributed by atoms with van der Waals surface area (Å²) in [5.74, 6) is 0.0765. The maximum atomic E-state index is 10.0. The molecule has 0 atom stereocenters. The summed E-state index contributed by atoms with van der Waals surface area (Å²) >= 11 is 0. The molecule has 7 heteroatoms. The van der Waals surface area contributed by atoms with Crippen molar-refractivity contribution in [2.45, 2.75) is 119 Å². The van der Waals surface area contributed by atoms with Crippen molar-refractivity contribution in [3.63, 3.8) is 0 Å². The zero-order valence-electron chi connectivity index (χ0n) is 20.7. The monoisotopic (exact) mass is 585 g/mol. The van der Waals surface area contributed by atoms with E-state index in [1.807, 2.05) is 0 Å². The molecule has 0 aliphatic carbocycles. The van der Waals surface area contributed by atoms with Crippen molar-refractivity contribution in [2.24, 2.45) is 17.8 Å². The summed E-state index contributed by atoms with van der Waals surface area (Å²) in [7, 11) is 0. The summed E-state index contributed by atoms with van der Waals surface area (Å²) in [5, 5.41) is 24.8. The van der Waals surface area contributed by atoms with E-state index in [4.69, 9.17) is 15.3 Å². The van der Waals surface area contributed by atoms with Gasteiger partial charge in [0.2, 0.25) is 0 Å². The molecule has 0 fully saturated rings. The molecule has 0 aliphatic heterocycles. The van der Waals surface area contributed by atoms with Crippen molar-refractivity contribution in [1.29, 1.82) is 0 Å². The van der Waals surface area contributed by atoms with Crippen molar-refractivity contribution in [3.8, 4) is 0 Å². The van der Waals surface area contributed by atoms with Crippen LogP contribution in [0, 0.1) is 67.1 Å². The van der Waals surface area contributed by atoms with Crippen molar-refractivity contribution in [2.75, 3.05) is 0 Å². The van der Waals surface area contributed by atoms with Crippen LogP contribution in [0.15, 0.2) is 0 Å². The van der Waals surface area contributed by atoms with E-state index in [2.05, 4.69) is 41.5 Å². The van der Waals surface area contributed by atoms with Gasteiger partial charge in [0.05, 0.1) is 0 Å². The van der Waals surface area contributed by atoms with Crippen LogP contribution in [0.2, 0.25) is 0 Å². The van der Waals surface area contributed by atoms with Gasteiger partial charge in [0.15, 0.2) is 0 Å². The van der Waals surface area contributed by atoms with Gasteiger partial charge in [-0.1, -0.05) is 80.1 Å². The molecule has 0 heterocycles. The fourth-order valence-electron chi connectivity index (χ4n) is 2.49. The standard InChI is InChI=1S/3C8H16O2.Eu/c3*1-7(2)5-3-4-6-8(9)10;/h3*7H,3-6H2,1-2H3,(H,9,10);. The Bertz CT molecular complexity index is 360. The molecule has 3 N–H and O–H groups in total. The van der Waals surface area contributed by atoms with Gasteiger partial charge in [0, 0.05) is 68.6 Å². The average molecular weight is 585 g/mol. The van der Waals surface area contributed by atoms with Crippen LogP contribution >= 0.6 is 0 Å². The number of carboxylic acid groups (broad SMARTS) is 3. The van der Waals surface area contributed by atoms with Crippen molar-refractivity contribution in [1.82, 2.24) is 0 Å². The molecular weight excluding hydrogens is 536 g/mol. The van der Waals surface area contributed by atoms with E-state index < -0.39 is 17.9 Å². The Kier molecular flexibility index (Phi) is 34.6. The smallest absolute Gasteiger partial charge is 0.303 e. The first kappa shape index (κ1) is 38.3. The molecule has 0 aliphatic rings. The first-order chi connectivity index (χ1) is 13.9. The molecule has 0 rings (SSSR count). The van der Waals surface area contributed by atoms with Crippen molar-refractivity contribution < 1.29 is 79.1 Å². The van der Waals surface area contributed by atoms with E-state index in [1.165, 1.54) is 0 Å². The minimum atomic E-state index is -0.677. The number of hydrogen-bond acceptors (Lipinski definition) is 3.